The Morgan fingerprint density at radius 2 is 1.50 bits per heavy atom. The number of aromatic nitrogens is 4. The second-order valence-corrected chi connectivity index (χ2v) is 3.74. The maximum Gasteiger partial charge on any atom is 0.354 e. The Labute approximate surface area is 101 Å². The summed E-state index contributed by atoms with van der Waals surface area (Å²) >= 11 is 11.7. The van der Waals surface area contributed by atoms with Crippen LogP contribution in [0.4, 0.5) is 0 Å². The van der Waals surface area contributed by atoms with Crippen molar-refractivity contribution in [3.63, 3.8) is 0 Å². The average molecular weight is 257 g/mol. The number of halogens is 2. The summed E-state index contributed by atoms with van der Waals surface area (Å²) in [7, 11) is 1.44. The first-order chi connectivity index (χ1) is 7.69. The van der Waals surface area contributed by atoms with E-state index in [2.05, 4.69) is 20.4 Å². The molecule has 0 radical (unpaired) electrons. The Kier molecular flexibility index (Phi) is 3.17. The topological polar surface area (TPSA) is 60.8 Å². The van der Waals surface area contributed by atoms with Gasteiger partial charge < -0.3 is 4.74 Å². The molecule has 0 bridgehead atoms. The molecule has 0 saturated heterocycles. The van der Waals surface area contributed by atoms with Gasteiger partial charge in [-0.25, -0.2) is 0 Å². The minimum Gasteiger partial charge on any atom is -0.465 e. The second-order valence-electron chi connectivity index (χ2n) is 2.87. The van der Waals surface area contributed by atoms with E-state index in [1.165, 1.54) is 7.11 Å². The van der Waals surface area contributed by atoms with E-state index in [-0.39, 0.29) is 6.01 Å². The molecule has 2 aromatic rings. The van der Waals surface area contributed by atoms with Crippen LogP contribution in [0, 0.1) is 0 Å². The van der Waals surface area contributed by atoms with Crippen LogP contribution in [-0.2, 0) is 0 Å². The normalized spacial score (nSPS) is 10.2. The zero-order chi connectivity index (χ0) is 11.5. The van der Waals surface area contributed by atoms with E-state index in [4.69, 9.17) is 27.9 Å². The van der Waals surface area contributed by atoms with E-state index < -0.39 is 0 Å². The van der Waals surface area contributed by atoms with Crippen molar-refractivity contribution in [1.29, 1.82) is 0 Å². The molecule has 0 amide bonds. The smallest absolute Gasteiger partial charge is 0.354 e. The third-order valence-corrected chi connectivity index (χ3v) is 2.20. The van der Waals surface area contributed by atoms with Crippen LogP contribution >= 0.6 is 23.2 Å². The van der Waals surface area contributed by atoms with Gasteiger partial charge in [-0.1, -0.05) is 33.4 Å². The zero-order valence-corrected chi connectivity index (χ0v) is 9.70. The Bertz CT molecular complexity index is 483. The molecule has 0 aliphatic heterocycles. The van der Waals surface area contributed by atoms with Crippen molar-refractivity contribution in [3.8, 4) is 17.4 Å². The Balaban J connectivity index is 2.42. The molecule has 0 N–H and O–H groups in total. The summed E-state index contributed by atoms with van der Waals surface area (Å²) in [6.45, 7) is 0. The molecule has 0 saturated carbocycles. The monoisotopic (exact) mass is 256 g/mol. The van der Waals surface area contributed by atoms with Crippen LogP contribution < -0.4 is 4.74 Å². The predicted octanol–water partition coefficient (Wildman–Crippen LogP) is 2.25. The molecule has 1 aromatic heterocycles. The molecular weight excluding hydrogens is 251 g/mol. The van der Waals surface area contributed by atoms with E-state index >= 15 is 0 Å². The molecule has 1 heterocycles. The maximum atomic E-state index is 5.85. The number of rotatable bonds is 2. The summed E-state index contributed by atoms with van der Waals surface area (Å²) in [5, 5.41) is 16.1. The van der Waals surface area contributed by atoms with Crippen molar-refractivity contribution in [3.05, 3.63) is 28.2 Å². The van der Waals surface area contributed by atoms with Gasteiger partial charge >= 0.3 is 6.01 Å². The highest BCUT2D eigenvalue weighted by atomic mass is 35.5. The van der Waals surface area contributed by atoms with E-state index in [1.54, 1.807) is 18.2 Å². The summed E-state index contributed by atoms with van der Waals surface area (Å²) in [5.41, 5.74) is 0.653. The lowest BCUT2D eigenvalue weighted by atomic mass is 10.2. The molecule has 0 spiro atoms. The van der Waals surface area contributed by atoms with Gasteiger partial charge in [0.25, 0.3) is 0 Å². The van der Waals surface area contributed by atoms with Crippen molar-refractivity contribution in [2.24, 2.45) is 0 Å². The fourth-order valence-electron chi connectivity index (χ4n) is 1.10. The third kappa shape index (κ3) is 2.37. The van der Waals surface area contributed by atoms with Gasteiger partial charge in [-0.3, -0.25) is 0 Å². The lowest BCUT2D eigenvalue weighted by molar-refractivity contribution is 0.366. The molecular formula is C9H6Cl2N4O. The first-order valence-corrected chi connectivity index (χ1v) is 5.02. The van der Waals surface area contributed by atoms with Gasteiger partial charge in [0.2, 0.25) is 5.82 Å². The SMILES string of the molecule is COc1nnc(-c2cc(Cl)cc(Cl)c2)nn1. The summed E-state index contributed by atoms with van der Waals surface area (Å²) in [4.78, 5) is 0. The van der Waals surface area contributed by atoms with E-state index in [0.29, 0.717) is 21.4 Å². The van der Waals surface area contributed by atoms with Crippen molar-refractivity contribution in [2.75, 3.05) is 7.11 Å². The van der Waals surface area contributed by atoms with Crippen molar-refractivity contribution < 1.29 is 4.74 Å². The molecule has 16 heavy (non-hydrogen) atoms. The fraction of sp³-hybridized carbons (Fsp3) is 0.111. The van der Waals surface area contributed by atoms with Crippen molar-refractivity contribution in [2.45, 2.75) is 0 Å². The van der Waals surface area contributed by atoms with Crippen LogP contribution in [0.1, 0.15) is 0 Å². The van der Waals surface area contributed by atoms with Gasteiger partial charge in [0.05, 0.1) is 7.11 Å². The quantitative estimate of drug-likeness (QED) is 0.825. The molecule has 7 heteroatoms. The standard InChI is InChI=1S/C9H6Cl2N4O/c1-16-9-14-12-8(13-15-9)5-2-6(10)4-7(11)3-5/h2-4H,1H3. The summed E-state index contributed by atoms with van der Waals surface area (Å²) in [5.74, 6) is 0.338. The molecule has 0 fully saturated rings. The summed E-state index contributed by atoms with van der Waals surface area (Å²) in [6.07, 6.45) is 0. The Morgan fingerprint density at radius 3 is 2.00 bits per heavy atom. The van der Waals surface area contributed by atoms with Crippen LogP contribution in [0.3, 0.4) is 0 Å². The minimum atomic E-state index is 0.108. The first kappa shape index (κ1) is 11.0. The Hall–Kier alpha value is -1.46. The molecule has 5 nitrogen and oxygen atoms in total. The molecule has 0 atom stereocenters. The van der Waals surface area contributed by atoms with Crippen molar-refractivity contribution in [1.82, 2.24) is 20.4 Å². The Morgan fingerprint density at radius 1 is 0.938 bits per heavy atom. The third-order valence-electron chi connectivity index (χ3n) is 1.76. The summed E-state index contributed by atoms with van der Waals surface area (Å²) in [6, 6.07) is 5.09. The number of methoxy groups -OCH3 is 1. The fourth-order valence-corrected chi connectivity index (χ4v) is 1.63. The molecule has 2 rings (SSSR count). The molecule has 0 aliphatic rings. The zero-order valence-electron chi connectivity index (χ0n) is 8.19. The van der Waals surface area contributed by atoms with Crippen LogP contribution in [0.2, 0.25) is 10.0 Å². The lowest BCUT2D eigenvalue weighted by Crippen LogP contribution is -1.99. The lowest BCUT2D eigenvalue weighted by Gasteiger charge is -2.00. The van der Waals surface area contributed by atoms with Crippen molar-refractivity contribution >= 4 is 23.2 Å². The number of hydrogen-bond acceptors (Lipinski definition) is 5. The van der Waals surface area contributed by atoms with Crippen LogP contribution in [0.5, 0.6) is 6.01 Å². The van der Waals surface area contributed by atoms with Gasteiger partial charge in [0, 0.05) is 15.6 Å². The first-order valence-electron chi connectivity index (χ1n) is 4.27. The average Bonchev–Trinajstić information content (AvgIpc) is 2.28. The van der Waals surface area contributed by atoms with E-state index in [0.717, 1.165) is 0 Å². The minimum absolute atomic E-state index is 0.108. The van der Waals surface area contributed by atoms with Crippen LogP contribution in [-0.4, -0.2) is 27.5 Å². The van der Waals surface area contributed by atoms with Gasteiger partial charge in [-0.05, 0) is 18.2 Å². The van der Waals surface area contributed by atoms with E-state index in [9.17, 15) is 0 Å². The molecule has 0 aliphatic carbocycles. The predicted molar refractivity (Wildman–Crippen MR) is 59.6 cm³/mol. The largest absolute Gasteiger partial charge is 0.465 e. The highest BCUT2D eigenvalue weighted by molar-refractivity contribution is 6.35. The van der Waals surface area contributed by atoms with Crippen LogP contribution in [0.25, 0.3) is 11.4 Å². The summed E-state index contributed by atoms with van der Waals surface area (Å²) < 4.78 is 4.75. The highest BCUT2D eigenvalue weighted by Crippen LogP contribution is 2.24. The number of nitrogens with zero attached hydrogens (tertiary/aromatic N) is 4. The van der Waals surface area contributed by atoms with Crippen LogP contribution in [0.15, 0.2) is 18.2 Å². The van der Waals surface area contributed by atoms with E-state index in [1.807, 2.05) is 0 Å². The second kappa shape index (κ2) is 4.59. The van der Waals surface area contributed by atoms with Gasteiger partial charge in [-0.2, -0.15) is 0 Å². The van der Waals surface area contributed by atoms with Gasteiger partial charge in [0.1, 0.15) is 0 Å². The number of benzene rings is 1. The molecule has 82 valence electrons. The maximum absolute atomic E-state index is 5.85. The molecule has 1 aromatic carbocycles. The number of ether oxygens (including phenoxy) is 1. The highest BCUT2D eigenvalue weighted by Gasteiger charge is 2.06. The van der Waals surface area contributed by atoms with Gasteiger partial charge in [-0.15, -0.1) is 10.2 Å². The molecule has 0 unspecified atom stereocenters. The number of hydrogen-bond donors (Lipinski definition) is 0. The van der Waals surface area contributed by atoms with Gasteiger partial charge in [0.15, 0.2) is 0 Å².